The molecule has 0 saturated heterocycles. The van der Waals surface area contributed by atoms with Crippen molar-refractivity contribution in [1.82, 2.24) is 9.97 Å². The van der Waals surface area contributed by atoms with Gasteiger partial charge in [0, 0.05) is 11.6 Å². The average Bonchev–Trinajstić information content (AvgIpc) is 2.06. The molecule has 0 aliphatic carbocycles. The van der Waals surface area contributed by atoms with Gasteiger partial charge in [0.1, 0.15) is 5.82 Å². The summed E-state index contributed by atoms with van der Waals surface area (Å²) < 4.78 is 12.8. The number of benzene rings is 1. The van der Waals surface area contributed by atoms with E-state index in [-0.39, 0.29) is 11.0 Å². The molecule has 3 nitrogen and oxygen atoms in total. The van der Waals surface area contributed by atoms with Crippen LogP contribution in [-0.2, 0) is 0 Å². The summed E-state index contributed by atoms with van der Waals surface area (Å²) in [6.07, 6.45) is 1.44. The van der Waals surface area contributed by atoms with Crippen molar-refractivity contribution in [2.24, 2.45) is 0 Å². The molecule has 0 unspecified atom stereocenters. The minimum atomic E-state index is -0.411. The van der Waals surface area contributed by atoms with Crippen LogP contribution in [0.2, 0.25) is 5.02 Å². The van der Waals surface area contributed by atoms with Crippen LogP contribution >= 0.6 is 11.6 Å². The van der Waals surface area contributed by atoms with Gasteiger partial charge in [-0.15, -0.1) is 0 Å². The van der Waals surface area contributed by atoms with E-state index in [2.05, 4.69) is 9.97 Å². The molecule has 2 aromatic rings. The maximum absolute atomic E-state index is 12.8. The molecule has 1 aromatic heterocycles. The lowest BCUT2D eigenvalue weighted by Crippen LogP contribution is -1.94. The largest absolute Gasteiger partial charge is 0.368 e. The van der Waals surface area contributed by atoms with Gasteiger partial charge in [0.25, 0.3) is 0 Å². The smallest absolute Gasteiger partial charge is 0.220 e. The van der Waals surface area contributed by atoms with Crippen LogP contribution in [0.3, 0.4) is 0 Å². The zero-order valence-corrected chi connectivity index (χ0v) is 7.22. The lowest BCUT2D eigenvalue weighted by molar-refractivity contribution is 0.629. The Bertz CT molecular complexity index is 472. The summed E-state index contributed by atoms with van der Waals surface area (Å²) in [5.41, 5.74) is 5.82. The van der Waals surface area contributed by atoms with Crippen molar-refractivity contribution in [2.45, 2.75) is 0 Å². The van der Waals surface area contributed by atoms with E-state index in [0.717, 1.165) is 0 Å². The number of anilines is 1. The van der Waals surface area contributed by atoms with Crippen molar-refractivity contribution in [2.75, 3.05) is 5.73 Å². The number of aromatic nitrogens is 2. The van der Waals surface area contributed by atoms with Gasteiger partial charge in [0.2, 0.25) is 5.95 Å². The van der Waals surface area contributed by atoms with Gasteiger partial charge >= 0.3 is 0 Å². The topological polar surface area (TPSA) is 51.8 Å². The fourth-order valence-electron chi connectivity index (χ4n) is 1.08. The van der Waals surface area contributed by atoms with E-state index in [9.17, 15) is 4.39 Å². The maximum Gasteiger partial charge on any atom is 0.220 e. The number of hydrogen-bond acceptors (Lipinski definition) is 3. The fourth-order valence-corrected chi connectivity index (χ4v) is 1.34. The first-order valence-electron chi connectivity index (χ1n) is 3.54. The molecule has 0 saturated carbocycles. The van der Waals surface area contributed by atoms with E-state index in [1.807, 2.05) is 0 Å². The molecule has 0 aliphatic heterocycles. The highest BCUT2D eigenvalue weighted by atomic mass is 35.5. The SMILES string of the molecule is Nc1ncc2cc(F)cc(Cl)c2n1. The first kappa shape index (κ1) is 8.19. The molecular formula is C8H5ClFN3. The minimum absolute atomic E-state index is 0.126. The molecule has 0 amide bonds. The molecule has 13 heavy (non-hydrogen) atoms. The van der Waals surface area contributed by atoms with E-state index < -0.39 is 5.82 Å². The van der Waals surface area contributed by atoms with Gasteiger partial charge in [-0.2, -0.15) is 0 Å². The number of nitrogens with two attached hydrogens (primary N) is 1. The molecule has 0 bridgehead atoms. The van der Waals surface area contributed by atoms with E-state index in [1.165, 1.54) is 18.3 Å². The number of fused-ring (bicyclic) bond motifs is 1. The number of halogens is 2. The number of nitrogens with zero attached hydrogens (tertiary/aromatic N) is 2. The summed E-state index contributed by atoms with van der Waals surface area (Å²) in [6, 6.07) is 2.50. The second kappa shape index (κ2) is 2.81. The van der Waals surface area contributed by atoms with E-state index in [4.69, 9.17) is 17.3 Å². The molecule has 2 rings (SSSR count). The Morgan fingerprint density at radius 3 is 2.92 bits per heavy atom. The summed E-state index contributed by atoms with van der Waals surface area (Å²) in [5, 5.41) is 0.781. The van der Waals surface area contributed by atoms with Gasteiger partial charge in [-0.1, -0.05) is 11.6 Å². The molecule has 5 heteroatoms. The van der Waals surface area contributed by atoms with Crippen molar-refractivity contribution >= 4 is 28.5 Å². The van der Waals surface area contributed by atoms with E-state index in [1.54, 1.807) is 0 Å². The first-order chi connectivity index (χ1) is 6.16. The van der Waals surface area contributed by atoms with Crippen LogP contribution in [-0.4, -0.2) is 9.97 Å². The van der Waals surface area contributed by atoms with Crippen molar-refractivity contribution in [3.63, 3.8) is 0 Å². The molecule has 0 aliphatic rings. The Labute approximate surface area is 78.4 Å². The second-order valence-corrected chi connectivity index (χ2v) is 2.96. The van der Waals surface area contributed by atoms with Crippen molar-refractivity contribution in [1.29, 1.82) is 0 Å². The third-order valence-corrected chi connectivity index (χ3v) is 1.91. The Morgan fingerprint density at radius 2 is 2.15 bits per heavy atom. The third-order valence-electron chi connectivity index (χ3n) is 1.62. The predicted octanol–water partition coefficient (Wildman–Crippen LogP) is 2.00. The second-order valence-electron chi connectivity index (χ2n) is 2.55. The van der Waals surface area contributed by atoms with Gasteiger partial charge < -0.3 is 5.73 Å². The normalized spacial score (nSPS) is 10.6. The zero-order chi connectivity index (χ0) is 9.42. The summed E-state index contributed by atoms with van der Waals surface area (Å²) in [7, 11) is 0. The fraction of sp³-hybridized carbons (Fsp3) is 0. The van der Waals surface area contributed by atoms with Crippen LogP contribution in [0.1, 0.15) is 0 Å². The summed E-state index contributed by atoms with van der Waals surface area (Å²) >= 11 is 5.75. The number of hydrogen-bond donors (Lipinski definition) is 1. The summed E-state index contributed by atoms with van der Waals surface area (Å²) in [4.78, 5) is 7.62. The van der Waals surface area contributed by atoms with Crippen LogP contribution < -0.4 is 5.73 Å². The molecule has 0 atom stereocenters. The lowest BCUT2D eigenvalue weighted by Gasteiger charge is -1.99. The molecular weight excluding hydrogens is 193 g/mol. The van der Waals surface area contributed by atoms with Crippen LogP contribution in [0.4, 0.5) is 10.3 Å². The Morgan fingerprint density at radius 1 is 1.38 bits per heavy atom. The molecule has 1 heterocycles. The van der Waals surface area contributed by atoms with E-state index in [0.29, 0.717) is 10.9 Å². The highest BCUT2D eigenvalue weighted by molar-refractivity contribution is 6.35. The zero-order valence-electron chi connectivity index (χ0n) is 6.46. The van der Waals surface area contributed by atoms with Gasteiger partial charge in [-0.05, 0) is 12.1 Å². The number of nitrogen functional groups attached to an aromatic ring is 1. The highest BCUT2D eigenvalue weighted by Crippen LogP contribution is 2.22. The number of rotatable bonds is 0. The van der Waals surface area contributed by atoms with Gasteiger partial charge in [-0.25, -0.2) is 14.4 Å². The Hall–Kier alpha value is -1.42. The van der Waals surface area contributed by atoms with Crippen LogP contribution in [0, 0.1) is 5.82 Å². The van der Waals surface area contributed by atoms with Crippen molar-refractivity contribution in [3.8, 4) is 0 Å². The lowest BCUT2D eigenvalue weighted by atomic mass is 10.2. The standard InChI is InChI=1S/C8H5ClFN3/c9-6-2-5(10)1-4-3-12-8(11)13-7(4)6/h1-3H,(H2,11,12,13). The average molecular weight is 198 g/mol. The molecule has 0 spiro atoms. The van der Waals surface area contributed by atoms with Crippen molar-refractivity contribution < 1.29 is 4.39 Å². The monoisotopic (exact) mass is 197 g/mol. The summed E-state index contributed by atoms with van der Waals surface area (Å²) in [6.45, 7) is 0. The van der Waals surface area contributed by atoms with E-state index >= 15 is 0 Å². The Kier molecular flexibility index (Phi) is 1.77. The molecule has 0 fully saturated rings. The predicted molar refractivity (Wildman–Crippen MR) is 48.9 cm³/mol. The molecule has 0 radical (unpaired) electrons. The maximum atomic E-state index is 12.8. The van der Waals surface area contributed by atoms with Crippen LogP contribution in [0.25, 0.3) is 10.9 Å². The highest BCUT2D eigenvalue weighted by Gasteiger charge is 2.04. The van der Waals surface area contributed by atoms with Crippen LogP contribution in [0.15, 0.2) is 18.3 Å². The summed E-state index contributed by atoms with van der Waals surface area (Å²) in [5.74, 6) is -0.285. The van der Waals surface area contributed by atoms with Crippen molar-refractivity contribution in [3.05, 3.63) is 29.2 Å². The molecule has 1 aromatic carbocycles. The van der Waals surface area contributed by atoms with Gasteiger partial charge in [0.15, 0.2) is 0 Å². The first-order valence-corrected chi connectivity index (χ1v) is 3.92. The minimum Gasteiger partial charge on any atom is -0.368 e. The Balaban J connectivity index is 2.87. The van der Waals surface area contributed by atoms with Crippen LogP contribution in [0.5, 0.6) is 0 Å². The van der Waals surface area contributed by atoms with Gasteiger partial charge in [-0.3, -0.25) is 0 Å². The van der Waals surface area contributed by atoms with Gasteiger partial charge in [0.05, 0.1) is 10.5 Å². The molecule has 2 N–H and O–H groups in total. The third kappa shape index (κ3) is 1.40. The molecule has 66 valence electrons. The quantitative estimate of drug-likeness (QED) is 0.703.